The highest BCUT2D eigenvalue weighted by molar-refractivity contribution is 9.10. The molecule has 4 heteroatoms. The van der Waals surface area contributed by atoms with Crippen molar-refractivity contribution in [3.63, 3.8) is 0 Å². The zero-order chi connectivity index (χ0) is 10.2. The van der Waals surface area contributed by atoms with Gasteiger partial charge in [-0.05, 0) is 33.8 Å². The van der Waals surface area contributed by atoms with Crippen LogP contribution in [0.1, 0.15) is 32.0 Å². The van der Waals surface area contributed by atoms with Gasteiger partial charge in [-0.3, -0.25) is 0 Å². The zero-order valence-corrected chi connectivity index (χ0v) is 9.74. The molecule has 1 aromatic heterocycles. The lowest BCUT2D eigenvalue weighted by Crippen LogP contribution is -2.16. The van der Waals surface area contributed by atoms with Crippen LogP contribution in [0.3, 0.4) is 0 Å². The van der Waals surface area contributed by atoms with Gasteiger partial charge in [0.1, 0.15) is 0 Å². The molecule has 1 heterocycles. The smallest absolute Gasteiger partial charge is 0.182 e. The molecule has 13 heavy (non-hydrogen) atoms. The minimum absolute atomic E-state index is 0.125. The van der Waals surface area contributed by atoms with Crippen molar-refractivity contribution in [1.82, 2.24) is 10.2 Å². The zero-order valence-electron chi connectivity index (χ0n) is 8.15. The number of aryl methyl sites for hydroxylation is 1. The molecular formula is C9H12BrFN2. The quantitative estimate of drug-likeness (QED) is 0.704. The van der Waals surface area contributed by atoms with E-state index in [9.17, 15) is 4.39 Å². The molecule has 0 fully saturated rings. The molecule has 1 rings (SSSR count). The summed E-state index contributed by atoms with van der Waals surface area (Å²) in [7, 11) is 0. The number of rotatable bonds is 0. The van der Waals surface area contributed by atoms with Crippen molar-refractivity contribution in [3.8, 4) is 0 Å². The van der Waals surface area contributed by atoms with Gasteiger partial charge in [0, 0.05) is 0 Å². The number of nitrogens with zero attached hydrogens (tertiary/aromatic N) is 2. The molecule has 0 spiro atoms. The van der Waals surface area contributed by atoms with Crippen molar-refractivity contribution in [2.24, 2.45) is 0 Å². The third kappa shape index (κ3) is 2.05. The van der Waals surface area contributed by atoms with Crippen LogP contribution in [0.4, 0.5) is 4.39 Å². The van der Waals surface area contributed by atoms with Crippen molar-refractivity contribution >= 4 is 15.9 Å². The first kappa shape index (κ1) is 10.6. The molecule has 0 aliphatic heterocycles. The predicted octanol–water partition coefficient (Wildman–Crippen LogP) is 2.98. The molecule has 0 bridgehead atoms. The topological polar surface area (TPSA) is 25.8 Å². The minimum atomic E-state index is -0.546. The Hall–Kier alpha value is -0.510. The van der Waals surface area contributed by atoms with Gasteiger partial charge in [0.25, 0.3) is 0 Å². The van der Waals surface area contributed by atoms with Gasteiger partial charge in [-0.15, -0.1) is 5.10 Å². The molecule has 0 aliphatic carbocycles. The third-order valence-electron chi connectivity index (χ3n) is 1.80. The number of hydrogen-bond acceptors (Lipinski definition) is 2. The standard InChI is InChI=1S/C9H12BrFN2/c1-5-6(9(2,3)4)7(10)8(11)13-12-5/h1-4H3. The molecule has 72 valence electrons. The summed E-state index contributed by atoms with van der Waals surface area (Å²) in [6, 6.07) is 0. The SMILES string of the molecule is Cc1nnc(F)c(Br)c1C(C)(C)C. The molecule has 0 amide bonds. The lowest BCUT2D eigenvalue weighted by molar-refractivity contribution is 0.518. The summed E-state index contributed by atoms with van der Waals surface area (Å²) >= 11 is 3.19. The van der Waals surface area contributed by atoms with Crippen LogP contribution >= 0.6 is 15.9 Å². The Balaban J connectivity index is 3.43. The van der Waals surface area contributed by atoms with Crippen molar-refractivity contribution in [2.75, 3.05) is 0 Å². The molecule has 1 aromatic rings. The average molecular weight is 247 g/mol. The van der Waals surface area contributed by atoms with Gasteiger partial charge in [-0.1, -0.05) is 20.8 Å². The summed E-state index contributed by atoms with van der Waals surface area (Å²) < 4.78 is 13.5. The Bertz CT molecular complexity index is 331. The first-order valence-electron chi connectivity index (χ1n) is 4.03. The van der Waals surface area contributed by atoms with Crippen LogP contribution < -0.4 is 0 Å². The maximum Gasteiger partial charge on any atom is 0.247 e. The Morgan fingerprint density at radius 1 is 1.23 bits per heavy atom. The van der Waals surface area contributed by atoms with Gasteiger partial charge >= 0.3 is 0 Å². The van der Waals surface area contributed by atoms with Crippen LogP contribution in [-0.2, 0) is 5.41 Å². The lowest BCUT2D eigenvalue weighted by Gasteiger charge is -2.21. The highest BCUT2D eigenvalue weighted by atomic mass is 79.9. The van der Waals surface area contributed by atoms with E-state index < -0.39 is 5.95 Å². The van der Waals surface area contributed by atoms with Gasteiger partial charge in [0.15, 0.2) is 0 Å². The third-order valence-corrected chi connectivity index (χ3v) is 2.52. The number of halogens is 2. The molecule has 0 N–H and O–H groups in total. The Morgan fingerprint density at radius 2 is 1.77 bits per heavy atom. The number of hydrogen-bond donors (Lipinski definition) is 0. The molecule has 0 saturated carbocycles. The summed E-state index contributed by atoms with van der Waals surface area (Å²) in [5.41, 5.74) is 1.51. The van der Waals surface area contributed by atoms with Crippen molar-refractivity contribution in [2.45, 2.75) is 33.1 Å². The Kier molecular flexibility index (Phi) is 2.71. The average Bonchev–Trinajstić information content (AvgIpc) is 1.95. The van der Waals surface area contributed by atoms with Gasteiger partial charge in [0.2, 0.25) is 5.95 Å². The molecular weight excluding hydrogens is 235 g/mol. The van der Waals surface area contributed by atoms with E-state index >= 15 is 0 Å². The van der Waals surface area contributed by atoms with Crippen LogP contribution in [0.5, 0.6) is 0 Å². The molecule has 0 radical (unpaired) electrons. The first-order valence-corrected chi connectivity index (χ1v) is 4.82. The second-order valence-electron chi connectivity index (χ2n) is 4.02. The highest BCUT2D eigenvalue weighted by Gasteiger charge is 2.23. The van der Waals surface area contributed by atoms with Crippen molar-refractivity contribution in [3.05, 3.63) is 21.7 Å². The molecule has 0 unspecified atom stereocenters. The maximum absolute atomic E-state index is 13.1. The second-order valence-corrected chi connectivity index (χ2v) is 4.81. The largest absolute Gasteiger partial charge is 0.247 e. The fraction of sp³-hybridized carbons (Fsp3) is 0.556. The molecule has 0 saturated heterocycles. The maximum atomic E-state index is 13.1. The Labute approximate surface area is 85.7 Å². The Morgan fingerprint density at radius 3 is 2.15 bits per heavy atom. The van der Waals surface area contributed by atoms with E-state index in [1.807, 2.05) is 27.7 Å². The highest BCUT2D eigenvalue weighted by Crippen LogP contribution is 2.32. The van der Waals surface area contributed by atoms with Crippen molar-refractivity contribution in [1.29, 1.82) is 0 Å². The summed E-state index contributed by atoms with van der Waals surface area (Å²) in [4.78, 5) is 0. The van der Waals surface area contributed by atoms with Gasteiger partial charge in [-0.2, -0.15) is 9.49 Å². The normalized spacial score (nSPS) is 11.8. The molecule has 0 aliphatic rings. The van der Waals surface area contributed by atoms with E-state index in [1.165, 1.54) is 0 Å². The van der Waals surface area contributed by atoms with Gasteiger partial charge in [0.05, 0.1) is 10.2 Å². The summed E-state index contributed by atoms with van der Waals surface area (Å²) in [6.45, 7) is 7.88. The van der Waals surface area contributed by atoms with Gasteiger partial charge in [-0.25, -0.2) is 0 Å². The van der Waals surface area contributed by atoms with Crippen LogP contribution in [0.25, 0.3) is 0 Å². The molecule has 2 nitrogen and oxygen atoms in total. The van der Waals surface area contributed by atoms with E-state index in [0.717, 1.165) is 11.3 Å². The van der Waals surface area contributed by atoms with E-state index in [-0.39, 0.29) is 5.41 Å². The van der Waals surface area contributed by atoms with E-state index in [2.05, 4.69) is 26.1 Å². The predicted molar refractivity (Wildman–Crippen MR) is 53.1 cm³/mol. The van der Waals surface area contributed by atoms with Crippen LogP contribution in [0, 0.1) is 12.9 Å². The van der Waals surface area contributed by atoms with Crippen molar-refractivity contribution < 1.29 is 4.39 Å². The number of aromatic nitrogens is 2. The van der Waals surface area contributed by atoms with Crippen LogP contribution in [0.15, 0.2) is 4.47 Å². The van der Waals surface area contributed by atoms with E-state index in [4.69, 9.17) is 0 Å². The van der Waals surface area contributed by atoms with Crippen LogP contribution in [0.2, 0.25) is 0 Å². The fourth-order valence-electron chi connectivity index (χ4n) is 1.35. The van der Waals surface area contributed by atoms with Crippen LogP contribution in [-0.4, -0.2) is 10.2 Å². The fourth-order valence-corrected chi connectivity index (χ4v) is 2.31. The first-order chi connectivity index (χ1) is 5.84. The van der Waals surface area contributed by atoms with E-state index in [0.29, 0.717) is 4.47 Å². The molecule has 0 atom stereocenters. The monoisotopic (exact) mass is 246 g/mol. The minimum Gasteiger partial charge on any atom is -0.182 e. The molecule has 0 aromatic carbocycles. The lowest BCUT2D eigenvalue weighted by atomic mass is 9.86. The second kappa shape index (κ2) is 3.33. The summed E-state index contributed by atoms with van der Waals surface area (Å²) in [5.74, 6) is -0.546. The summed E-state index contributed by atoms with van der Waals surface area (Å²) in [5, 5.41) is 7.14. The van der Waals surface area contributed by atoms with E-state index in [1.54, 1.807) is 0 Å². The van der Waals surface area contributed by atoms with Gasteiger partial charge < -0.3 is 0 Å². The summed E-state index contributed by atoms with van der Waals surface area (Å²) in [6.07, 6.45) is 0.